The summed E-state index contributed by atoms with van der Waals surface area (Å²) in [5, 5.41) is 0. The molecule has 0 N–H and O–H groups in total. The fraction of sp³-hybridized carbons (Fsp3) is 0.455. The van der Waals surface area contributed by atoms with Crippen LogP contribution in [0.1, 0.15) is 26.2 Å². The van der Waals surface area contributed by atoms with Crippen LogP contribution in [-0.4, -0.2) is 15.0 Å². The molecule has 0 radical (unpaired) electrons. The second-order valence-corrected chi connectivity index (χ2v) is 5.05. The van der Waals surface area contributed by atoms with Crippen molar-refractivity contribution >= 4 is 10.1 Å². The van der Waals surface area contributed by atoms with Crippen LogP contribution in [0.3, 0.4) is 0 Å². The molecule has 3 nitrogen and oxygen atoms in total. The van der Waals surface area contributed by atoms with Crippen molar-refractivity contribution in [3.8, 4) is 0 Å². The van der Waals surface area contributed by atoms with E-state index in [0.717, 1.165) is 25.0 Å². The average molecular weight is 246 g/mol. The van der Waals surface area contributed by atoms with Crippen LogP contribution < -0.4 is 0 Å². The van der Waals surface area contributed by atoms with Crippen molar-refractivity contribution in [2.24, 2.45) is 0 Å². The molecule has 1 rings (SSSR count). The highest BCUT2D eigenvalue weighted by molar-refractivity contribution is 7.86. The van der Waals surface area contributed by atoms with Crippen LogP contribution in [0.5, 0.6) is 0 Å². The lowest BCUT2D eigenvalue weighted by atomic mass is 10.3. The van der Waals surface area contributed by atoms with Gasteiger partial charge in [-0.25, -0.2) is 4.39 Å². The first kappa shape index (κ1) is 13.1. The lowest BCUT2D eigenvalue weighted by Gasteiger charge is -2.04. The Morgan fingerprint density at radius 3 is 2.38 bits per heavy atom. The first-order chi connectivity index (χ1) is 7.56. The number of benzene rings is 1. The molecule has 0 heterocycles. The first-order valence-electron chi connectivity index (χ1n) is 5.21. The summed E-state index contributed by atoms with van der Waals surface area (Å²) >= 11 is 0. The number of hydrogen-bond donors (Lipinski definition) is 0. The molecular formula is C11H15FO3S. The van der Waals surface area contributed by atoms with Crippen molar-refractivity contribution in [3.05, 3.63) is 30.1 Å². The largest absolute Gasteiger partial charge is 0.296 e. The minimum Gasteiger partial charge on any atom is -0.266 e. The van der Waals surface area contributed by atoms with Gasteiger partial charge in [0, 0.05) is 0 Å². The normalized spacial score (nSPS) is 11.6. The summed E-state index contributed by atoms with van der Waals surface area (Å²) in [4.78, 5) is -0.00889. The second-order valence-electron chi connectivity index (χ2n) is 3.44. The van der Waals surface area contributed by atoms with Gasteiger partial charge in [-0.2, -0.15) is 8.42 Å². The Hall–Kier alpha value is -0.940. The molecule has 0 bridgehead atoms. The zero-order valence-corrected chi connectivity index (χ0v) is 9.97. The standard InChI is InChI=1S/C11H15FO3S/c1-2-3-4-9-15-16(13,14)11-7-5-10(12)6-8-11/h5-8H,2-4,9H2,1H3. The van der Waals surface area contributed by atoms with Crippen LogP contribution in [0.15, 0.2) is 29.2 Å². The van der Waals surface area contributed by atoms with Gasteiger partial charge in [0.15, 0.2) is 0 Å². The van der Waals surface area contributed by atoms with Crippen molar-refractivity contribution < 1.29 is 17.0 Å². The molecule has 0 saturated heterocycles. The minimum absolute atomic E-state index is 0.00889. The maximum absolute atomic E-state index is 12.6. The molecule has 0 atom stereocenters. The quantitative estimate of drug-likeness (QED) is 0.572. The Bertz CT molecular complexity index is 411. The molecule has 0 fully saturated rings. The zero-order chi connectivity index (χ0) is 12.0. The number of hydrogen-bond acceptors (Lipinski definition) is 3. The van der Waals surface area contributed by atoms with Gasteiger partial charge in [0.25, 0.3) is 10.1 Å². The van der Waals surface area contributed by atoms with Gasteiger partial charge in [0.1, 0.15) is 5.82 Å². The summed E-state index contributed by atoms with van der Waals surface area (Å²) in [6.07, 6.45) is 2.63. The lowest BCUT2D eigenvalue weighted by Crippen LogP contribution is -2.07. The maximum atomic E-state index is 12.6. The molecule has 0 aliphatic carbocycles. The van der Waals surface area contributed by atoms with Crippen LogP contribution >= 0.6 is 0 Å². The van der Waals surface area contributed by atoms with E-state index in [0.29, 0.717) is 6.42 Å². The van der Waals surface area contributed by atoms with E-state index in [-0.39, 0.29) is 11.5 Å². The Balaban J connectivity index is 2.60. The van der Waals surface area contributed by atoms with E-state index >= 15 is 0 Å². The van der Waals surface area contributed by atoms with Crippen LogP contribution in [0.2, 0.25) is 0 Å². The number of halogens is 1. The molecule has 0 aliphatic rings. The van der Waals surface area contributed by atoms with E-state index in [1.807, 2.05) is 6.92 Å². The number of unbranched alkanes of at least 4 members (excludes halogenated alkanes) is 2. The summed E-state index contributed by atoms with van der Waals surface area (Å²) in [5.41, 5.74) is 0. The van der Waals surface area contributed by atoms with Crippen LogP contribution in [0, 0.1) is 5.82 Å². The molecular weight excluding hydrogens is 231 g/mol. The predicted octanol–water partition coefficient (Wildman–Crippen LogP) is 2.72. The first-order valence-corrected chi connectivity index (χ1v) is 6.62. The summed E-state index contributed by atoms with van der Waals surface area (Å²) in [6, 6.07) is 4.60. The van der Waals surface area contributed by atoms with Crippen molar-refractivity contribution in [1.82, 2.24) is 0 Å². The fourth-order valence-corrected chi connectivity index (χ4v) is 2.13. The highest BCUT2D eigenvalue weighted by Gasteiger charge is 2.14. The SMILES string of the molecule is CCCCCOS(=O)(=O)c1ccc(F)cc1. The number of rotatable bonds is 6. The van der Waals surface area contributed by atoms with E-state index in [1.165, 1.54) is 12.1 Å². The third-order valence-corrected chi connectivity index (χ3v) is 3.42. The van der Waals surface area contributed by atoms with Gasteiger partial charge in [-0.1, -0.05) is 19.8 Å². The van der Waals surface area contributed by atoms with Gasteiger partial charge in [0.05, 0.1) is 11.5 Å². The Morgan fingerprint density at radius 1 is 1.19 bits per heavy atom. The highest BCUT2D eigenvalue weighted by Crippen LogP contribution is 2.13. The van der Waals surface area contributed by atoms with Crippen molar-refractivity contribution in [1.29, 1.82) is 0 Å². The molecule has 0 saturated carbocycles. The van der Waals surface area contributed by atoms with E-state index in [4.69, 9.17) is 4.18 Å². The molecule has 0 aromatic heterocycles. The van der Waals surface area contributed by atoms with Gasteiger partial charge in [-0.3, -0.25) is 4.18 Å². The summed E-state index contributed by atoms with van der Waals surface area (Å²) in [5.74, 6) is -0.468. The smallest absolute Gasteiger partial charge is 0.266 e. The van der Waals surface area contributed by atoms with Gasteiger partial charge in [0.2, 0.25) is 0 Å². The summed E-state index contributed by atoms with van der Waals surface area (Å²) in [7, 11) is -3.72. The Labute approximate surface area is 95.4 Å². The van der Waals surface area contributed by atoms with Gasteiger partial charge >= 0.3 is 0 Å². The maximum Gasteiger partial charge on any atom is 0.296 e. The van der Waals surface area contributed by atoms with E-state index < -0.39 is 15.9 Å². The third kappa shape index (κ3) is 3.90. The highest BCUT2D eigenvalue weighted by atomic mass is 32.2. The van der Waals surface area contributed by atoms with E-state index in [1.54, 1.807) is 0 Å². The second kappa shape index (κ2) is 5.96. The molecule has 1 aromatic rings. The van der Waals surface area contributed by atoms with E-state index in [2.05, 4.69) is 0 Å². The molecule has 5 heteroatoms. The van der Waals surface area contributed by atoms with Crippen molar-refractivity contribution in [2.45, 2.75) is 31.1 Å². The lowest BCUT2D eigenvalue weighted by molar-refractivity contribution is 0.308. The Morgan fingerprint density at radius 2 is 1.81 bits per heavy atom. The molecule has 90 valence electrons. The molecule has 0 unspecified atom stereocenters. The predicted molar refractivity (Wildman–Crippen MR) is 59.1 cm³/mol. The van der Waals surface area contributed by atoms with Crippen LogP contribution in [0.4, 0.5) is 4.39 Å². The fourth-order valence-electron chi connectivity index (χ4n) is 1.19. The average Bonchev–Trinajstić information content (AvgIpc) is 2.25. The van der Waals surface area contributed by atoms with Gasteiger partial charge < -0.3 is 0 Å². The zero-order valence-electron chi connectivity index (χ0n) is 9.15. The van der Waals surface area contributed by atoms with Crippen molar-refractivity contribution in [3.63, 3.8) is 0 Å². The monoisotopic (exact) mass is 246 g/mol. The molecule has 0 aliphatic heterocycles. The van der Waals surface area contributed by atoms with Crippen LogP contribution in [0.25, 0.3) is 0 Å². The minimum atomic E-state index is -3.72. The molecule has 1 aromatic carbocycles. The van der Waals surface area contributed by atoms with Gasteiger partial charge in [-0.05, 0) is 30.7 Å². The summed E-state index contributed by atoms with van der Waals surface area (Å²) in [6.45, 7) is 2.20. The Kier molecular flexibility index (Phi) is 4.89. The molecule has 0 amide bonds. The third-order valence-electron chi connectivity index (χ3n) is 2.09. The topological polar surface area (TPSA) is 43.4 Å². The van der Waals surface area contributed by atoms with Crippen LogP contribution in [-0.2, 0) is 14.3 Å². The summed E-state index contributed by atoms with van der Waals surface area (Å²) < 4.78 is 40.5. The molecule has 16 heavy (non-hydrogen) atoms. The van der Waals surface area contributed by atoms with Gasteiger partial charge in [-0.15, -0.1) is 0 Å². The van der Waals surface area contributed by atoms with E-state index in [9.17, 15) is 12.8 Å². The van der Waals surface area contributed by atoms with Crippen molar-refractivity contribution in [2.75, 3.05) is 6.61 Å². The molecule has 0 spiro atoms.